The van der Waals surface area contributed by atoms with Crippen LogP contribution in [0.2, 0.25) is 10.2 Å². The molecule has 0 fully saturated rings. The van der Waals surface area contributed by atoms with E-state index in [2.05, 4.69) is 10.1 Å². The summed E-state index contributed by atoms with van der Waals surface area (Å²) in [5, 5.41) is 15.2. The van der Waals surface area contributed by atoms with Crippen molar-refractivity contribution in [1.29, 1.82) is 0 Å². The zero-order chi connectivity index (χ0) is 23.2. The summed E-state index contributed by atoms with van der Waals surface area (Å²) >= 11 is 14.1. The zero-order valence-electron chi connectivity index (χ0n) is 17.4. The van der Waals surface area contributed by atoms with E-state index in [0.29, 0.717) is 33.2 Å². The number of nitrogens with zero attached hydrogens (tertiary/aromatic N) is 4. The van der Waals surface area contributed by atoms with Gasteiger partial charge in [-0.25, -0.2) is 9.37 Å². The maximum absolute atomic E-state index is 15.1. The molecule has 0 amide bonds. The molecule has 32 heavy (non-hydrogen) atoms. The fourth-order valence-electron chi connectivity index (χ4n) is 3.27. The summed E-state index contributed by atoms with van der Waals surface area (Å²) in [4.78, 5) is 16.8. The molecule has 3 heterocycles. The summed E-state index contributed by atoms with van der Waals surface area (Å²) in [6.07, 6.45) is 3.38. The highest BCUT2D eigenvalue weighted by molar-refractivity contribution is 7.99. The number of rotatable bonds is 6. The number of fused-ring (bicyclic) bond motifs is 1. The lowest BCUT2D eigenvalue weighted by molar-refractivity contribution is -0.142. The van der Waals surface area contributed by atoms with Gasteiger partial charge in [-0.05, 0) is 45.0 Å². The van der Waals surface area contributed by atoms with Crippen molar-refractivity contribution in [1.82, 2.24) is 19.3 Å². The number of pyridine rings is 1. The molecular formula is C22H19Cl2FN4O2S. The predicted molar refractivity (Wildman–Crippen MR) is 124 cm³/mol. The Kier molecular flexibility index (Phi) is 5.96. The molecule has 0 aliphatic carbocycles. The quantitative estimate of drug-likeness (QED) is 0.346. The van der Waals surface area contributed by atoms with Crippen LogP contribution in [0.1, 0.15) is 26.5 Å². The molecule has 166 valence electrons. The number of halogens is 3. The third kappa shape index (κ3) is 3.76. The number of benzene rings is 1. The minimum absolute atomic E-state index is 0.0179. The SMILES string of the molecule is CCn1cc(-n2c(Cl)c(Sc3cccc(C(C)(C)C(=O)O)n3)c3ccc(Cl)c(F)c32)cn1. The van der Waals surface area contributed by atoms with Crippen molar-refractivity contribution in [2.24, 2.45) is 0 Å². The van der Waals surface area contributed by atoms with E-state index in [9.17, 15) is 9.90 Å². The van der Waals surface area contributed by atoms with Crippen molar-refractivity contribution >= 4 is 51.8 Å². The molecule has 0 bridgehead atoms. The predicted octanol–water partition coefficient (Wildman–Crippen LogP) is 6.20. The van der Waals surface area contributed by atoms with Crippen molar-refractivity contribution in [2.45, 2.75) is 42.7 Å². The maximum Gasteiger partial charge on any atom is 0.315 e. The van der Waals surface area contributed by atoms with Gasteiger partial charge in [0.25, 0.3) is 0 Å². The molecule has 0 unspecified atom stereocenters. The first-order valence-corrected chi connectivity index (χ1v) is 11.3. The summed E-state index contributed by atoms with van der Waals surface area (Å²) in [6.45, 7) is 5.78. The highest BCUT2D eigenvalue weighted by atomic mass is 35.5. The Morgan fingerprint density at radius 1 is 1.25 bits per heavy atom. The lowest BCUT2D eigenvalue weighted by Gasteiger charge is -2.18. The van der Waals surface area contributed by atoms with Crippen LogP contribution >= 0.6 is 35.0 Å². The van der Waals surface area contributed by atoms with Crippen molar-refractivity contribution in [3.63, 3.8) is 0 Å². The molecule has 0 aliphatic rings. The maximum atomic E-state index is 15.1. The number of carbonyl (C=O) groups is 1. The topological polar surface area (TPSA) is 72.9 Å². The summed E-state index contributed by atoms with van der Waals surface area (Å²) in [6, 6.07) is 8.36. The average molecular weight is 493 g/mol. The van der Waals surface area contributed by atoms with Gasteiger partial charge in [-0.2, -0.15) is 5.10 Å². The van der Waals surface area contributed by atoms with Gasteiger partial charge < -0.3 is 5.11 Å². The second-order valence-electron chi connectivity index (χ2n) is 7.66. The van der Waals surface area contributed by atoms with Gasteiger partial charge in [0, 0.05) is 18.1 Å². The molecule has 0 spiro atoms. The van der Waals surface area contributed by atoms with Crippen molar-refractivity contribution < 1.29 is 14.3 Å². The summed E-state index contributed by atoms with van der Waals surface area (Å²) < 4.78 is 18.4. The fraction of sp³-hybridized carbons (Fsp3) is 0.227. The summed E-state index contributed by atoms with van der Waals surface area (Å²) in [5.41, 5.74) is 0.0856. The molecule has 0 aliphatic heterocycles. The number of carboxylic acids is 1. The molecule has 4 aromatic rings. The molecular weight excluding hydrogens is 474 g/mol. The number of carboxylic acid groups (broad SMARTS) is 1. The van der Waals surface area contributed by atoms with Crippen LogP contribution in [-0.4, -0.2) is 30.4 Å². The van der Waals surface area contributed by atoms with Crippen LogP contribution in [0.25, 0.3) is 16.6 Å². The number of hydrogen-bond donors (Lipinski definition) is 1. The molecule has 10 heteroatoms. The molecule has 6 nitrogen and oxygen atoms in total. The van der Waals surface area contributed by atoms with Gasteiger partial charge in [0.15, 0.2) is 5.82 Å². The first-order chi connectivity index (χ1) is 15.1. The molecule has 4 rings (SSSR count). The Hall–Kier alpha value is -2.55. The van der Waals surface area contributed by atoms with Gasteiger partial charge in [-0.1, -0.05) is 41.0 Å². The summed E-state index contributed by atoms with van der Waals surface area (Å²) in [5.74, 6) is -1.57. The Balaban J connectivity index is 1.89. The third-order valence-electron chi connectivity index (χ3n) is 5.23. The largest absolute Gasteiger partial charge is 0.481 e. The van der Waals surface area contributed by atoms with E-state index >= 15 is 4.39 Å². The third-order valence-corrected chi connectivity index (χ3v) is 7.04. The van der Waals surface area contributed by atoms with Crippen LogP contribution in [0.5, 0.6) is 0 Å². The van der Waals surface area contributed by atoms with E-state index in [-0.39, 0.29) is 15.7 Å². The Morgan fingerprint density at radius 3 is 2.66 bits per heavy atom. The zero-order valence-corrected chi connectivity index (χ0v) is 19.8. The number of aromatic nitrogens is 4. The molecule has 0 atom stereocenters. The van der Waals surface area contributed by atoms with Gasteiger partial charge >= 0.3 is 5.97 Å². The van der Waals surface area contributed by atoms with E-state index in [4.69, 9.17) is 23.2 Å². The Labute approximate surface area is 198 Å². The van der Waals surface area contributed by atoms with Crippen LogP contribution in [0.4, 0.5) is 4.39 Å². The van der Waals surface area contributed by atoms with E-state index in [1.807, 2.05) is 6.92 Å². The van der Waals surface area contributed by atoms with Crippen LogP contribution in [0.3, 0.4) is 0 Å². The van der Waals surface area contributed by atoms with E-state index < -0.39 is 17.2 Å². The molecule has 3 aromatic heterocycles. The van der Waals surface area contributed by atoms with E-state index in [1.165, 1.54) is 17.8 Å². The second kappa shape index (κ2) is 8.42. The molecule has 0 radical (unpaired) electrons. The Morgan fingerprint density at radius 2 is 2.00 bits per heavy atom. The smallest absolute Gasteiger partial charge is 0.315 e. The molecule has 1 aromatic carbocycles. The minimum Gasteiger partial charge on any atom is -0.481 e. The average Bonchev–Trinajstić information content (AvgIpc) is 3.34. The van der Waals surface area contributed by atoms with E-state index in [1.54, 1.807) is 59.8 Å². The summed E-state index contributed by atoms with van der Waals surface area (Å²) in [7, 11) is 0. The first-order valence-electron chi connectivity index (χ1n) is 9.74. The highest BCUT2D eigenvalue weighted by Crippen LogP contribution is 2.44. The molecule has 0 saturated heterocycles. The van der Waals surface area contributed by atoms with Gasteiger partial charge in [-0.15, -0.1) is 0 Å². The second-order valence-corrected chi connectivity index (χ2v) is 9.46. The van der Waals surface area contributed by atoms with Gasteiger partial charge in [0.1, 0.15) is 15.6 Å². The van der Waals surface area contributed by atoms with Crippen LogP contribution in [0, 0.1) is 5.82 Å². The van der Waals surface area contributed by atoms with Crippen molar-refractivity contribution in [2.75, 3.05) is 0 Å². The first kappa shape index (κ1) is 22.6. The lowest BCUT2D eigenvalue weighted by Crippen LogP contribution is -2.29. The van der Waals surface area contributed by atoms with Crippen LogP contribution in [-0.2, 0) is 16.8 Å². The fourth-order valence-corrected chi connectivity index (χ4v) is 4.77. The normalized spacial score (nSPS) is 11.9. The number of aliphatic carboxylic acids is 1. The molecule has 1 N–H and O–H groups in total. The number of aryl methyl sites for hydroxylation is 1. The highest BCUT2D eigenvalue weighted by Gasteiger charge is 2.31. The van der Waals surface area contributed by atoms with Crippen LogP contribution in [0.15, 0.2) is 52.6 Å². The van der Waals surface area contributed by atoms with Gasteiger partial charge in [0.2, 0.25) is 0 Å². The van der Waals surface area contributed by atoms with Gasteiger partial charge in [0.05, 0.1) is 33.0 Å². The van der Waals surface area contributed by atoms with Crippen molar-refractivity contribution in [3.8, 4) is 5.69 Å². The Bertz CT molecular complexity index is 1350. The van der Waals surface area contributed by atoms with E-state index in [0.717, 1.165) is 0 Å². The monoisotopic (exact) mass is 492 g/mol. The standard InChI is InChI=1S/C22H19Cl2FN4O2S/c1-4-28-11-12(10-26-28)29-18-13(8-9-14(23)17(18)25)19(20(29)24)32-16-7-5-6-15(27-16)22(2,3)21(30)31/h5-11H,4H2,1-3H3,(H,30,31). The van der Waals surface area contributed by atoms with Gasteiger partial charge in [-0.3, -0.25) is 14.0 Å². The van der Waals surface area contributed by atoms with Crippen LogP contribution < -0.4 is 0 Å². The molecule has 0 saturated carbocycles. The number of hydrogen-bond acceptors (Lipinski definition) is 4. The lowest BCUT2D eigenvalue weighted by atomic mass is 9.89. The van der Waals surface area contributed by atoms with Crippen molar-refractivity contribution in [3.05, 3.63) is 64.4 Å². The minimum atomic E-state index is -1.16.